The molecule has 0 aromatic heterocycles. The van der Waals surface area contributed by atoms with Crippen molar-refractivity contribution in [3.8, 4) is 0 Å². The lowest BCUT2D eigenvalue weighted by Crippen LogP contribution is -2.47. The molecule has 0 aliphatic rings. The summed E-state index contributed by atoms with van der Waals surface area (Å²) in [5, 5.41) is 2.89. The van der Waals surface area contributed by atoms with Gasteiger partial charge < -0.3 is 16.0 Å². The van der Waals surface area contributed by atoms with Crippen LogP contribution in [0.2, 0.25) is 0 Å². The van der Waals surface area contributed by atoms with Crippen molar-refractivity contribution in [2.45, 2.75) is 39.3 Å². The van der Waals surface area contributed by atoms with Crippen molar-refractivity contribution in [1.29, 1.82) is 0 Å². The van der Waals surface area contributed by atoms with Gasteiger partial charge in [-0.25, -0.2) is 0 Å². The molecule has 0 saturated heterocycles. The summed E-state index contributed by atoms with van der Waals surface area (Å²) in [5.74, 6) is 0.461. The number of rotatable bonds is 6. The van der Waals surface area contributed by atoms with Gasteiger partial charge in [-0.15, -0.1) is 0 Å². The van der Waals surface area contributed by atoms with E-state index in [1.165, 1.54) is 0 Å². The number of nitrogens with zero attached hydrogens (tertiary/aromatic N) is 1. The third-order valence-corrected chi connectivity index (χ3v) is 2.69. The standard InChI is InChI=1S/C11H25N3O/c1-6-9(12)11(15)13-7-10(8(2)3)14(4)5/h8-10H,6-7,12H2,1-5H3,(H,13,15)/t9-,10?/m1/s1. The molecule has 0 aromatic rings. The molecule has 0 aliphatic carbocycles. The van der Waals surface area contributed by atoms with Crippen molar-refractivity contribution in [1.82, 2.24) is 10.2 Å². The number of hydrogen-bond donors (Lipinski definition) is 2. The fourth-order valence-electron chi connectivity index (χ4n) is 1.54. The molecule has 0 radical (unpaired) electrons. The summed E-state index contributed by atoms with van der Waals surface area (Å²) >= 11 is 0. The normalized spacial score (nSPS) is 15.5. The van der Waals surface area contributed by atoms with E-state index in [1.807, 2.05) is 21.0 Å². The molecule has 3 N–H and O–H groups in total. The number of amides is 1. The van der Waals surface area contributed by atoms with E-state index < -0.39 is 0 Å². The van der Waals surface area contributed by atoms with E-state index in [2.05, 4.69) is 24.1 Å². The van der Waals surface area contributed by atoms with Crippen molar-refractivity contribution in [2.24, 2.45) is 11.7 Å². The predicted molar refractivity (Wildman–Crippen MR) is 63.6 cm³/mol. The minimum absolute atomic E-state index is 0.0509. The fraction of sp³-hybridized carbons (Fsp3) is 0.909. The lowest BCUT2D eigenvalue weighted by molar-refractivity contribution is -0.122. The van der Waals surface area contributed by atoms with E-state index in [0.717, 1.165) is 0 Å². The van der Waals surface area contributed by atoms with Crippen LogP contribution in [0.15, 0.2) is 0 Å². The molecule has 0 rings (SSSR count). The first-order chi connectivity index (χ1) is 6.90. The zero-order valence-corrected chi connectivity index (χ0v) is 10.6. The molecule has 0 spiro atoms. The largest absolute Gasteiger partial charge is 0.353 e. The molecule has 0 bridgehead atoms. The Morgan fingerprint density at radius 2 is 1.93 bits per heavy atom. The zero-order valence-electron chi connectivity index (χ0n) is 10.6. The van der Waals surface area contributed by atoms with Crippen LogP contribution in [-0.2, 0) is 4.79 Å². The molecule has 0 heterocycles. The first-order valence-electron chi connectivity index (χ1n) is 5.59. The lowest BCUT2D eigenvalue weighted by atomic mass is 10.0. The minimum Gasteiger partial charge on any atom is -0.353 e. The third-order valence-electron chi connectivity index (χ3n) is 2.69. The highest BCUT2D eigenvalue weighted by Gasteiger charge is 2.18. The first kappa shape index (κ1) is 14.4. The van der Waals surface area contributed by atoms with Gasteiger partial charge in [-0.2, -0.15) is 0 Å². The highest BCUT2D eigenvalue weighted by molar-refractivity contribution is 5.81. The molecule has 90 valence electrons. The molecular weight excluding hydrogens is 190 g/mol. The van der Waals surface area contributed by atoms with E-state index in [4.69, 9.17) is 5.73 Å². The Hall–Kier alpha value is -0.610. The number of hydrogen-bond acceptors (Lipinski definition) is 3. The number of carbonyl (C=O) groups is 1. The van der Waals surface area contributed by atoms with Crippen LogP contribution in [0.3, 0.4) is 0 Å². The van der Waals surface area contributed by atoms with Crippen LogP contribution in [-0.4, -0.2) is 43.5 Å². The molecule has 2 atom stereocenters. The molecule has 0 fully saturated rings. The van der Waals surface area contributed by atoms with Crippen LogP contribution in [0.5, 0.6) is 0 Å². The minimum atomic E-state index is -0.375. The molecule has 15 heavy (non-hydrogen) atoms. The van der Waals surface area contributed by atoms with E-state index in [9.17, 15) is 4.79 Å². The van der Waals surface area contributed by atoms with Crippen LogP contribution in [0.25, 0.3) is 0 Å². The van der Waals surface area contributed by atoms with Gasteiger partial charge in [0.1, 0.15) is 0 Å². The van der Waals surface area contributed by atoms with E-state index in [1.54, 1.807) is 0 Å². The maximum atomic E-state index is 11.5. The SMILES string of the molecule is CC[C@@H](N)C(=O)NCC(C(C)C)N(C)C. The Labute approximate surface area is 93.2 Å². The van der Waals surface area contributed by atoms with E-state index in [-0.39, 0.29) is 11.9 Å². The van der Waals surface area contributed by atoms with Crippen LogP contribution in [0.1, 0.15) is 27.2 Å². The molecule has 1 amide bonds. The average Bonchev–Trinajstić information content (AvgIpc) is 2.15. The van der Waals surface area contributed by atoms with Gasteiger partial charge in [0.2, 0.25) is 5.91 Å². The second-order valence-electron chi connectivity index (χ2n) is 4.53. The van der Waals surface area contributed by atoms with Gasteiger partial charge in [0.15, 0.2) is 0 Å². The summed E-state index contributed by atoms with van der Waals surface area (Å²) in [5.41, 5.74) is 5.63. The van der Waals surface area contributed by atoms with Crippen LogP contribution in [0.4, 0.5) is 0 Å². The van der Waals surface area contributed by atoms with Crippen LogP contribution in [0, 0.1) is 5.92 Å². The van der Waals surface area contributed by atoms with Crippen molar-refractivity contribution in [2.75, 3.05) is 20.6 Å². The van der Waals surface area contributed by atoms with Gasteiger partial charge in [-0.05, 0) is 26.4 Å². The molecular formula is C11H25N3O. The third kappa shape index (κ3) is 5.14. The Morgan fingerprint density at radius 1 is 1.40 bits per heavy atom. The van der Waals surface area contributed by atoms with E-state index >= 15 is 0 Å². The zero-order chi connectivity index (χ0) is 12.0. The molecule has 1 unspecified atom stereocenters. The van der Waals surface area contributed by atoms with Gasteiger partial charge in [-0.1, -0.05) is 20.8 Å². The summed E-state index contributed by atoms with van der Waals surface area (Å²) < 4.78 is 0. The maximum Gasteiger partial charge on any atom is 0.236 e. The van der Waals surface area contributed by atoms with Crippen molar-refractivity contribution >= 4 is 5.91 Å². The summed E-state index contributed by atoms with van der Waals surface area (Å²) in [7, 11) is 4.05. The summed E-state index contributed by atoms with van der Waals surface area (Å²) in [6, 6.07) is -0.0158. The van der Waals surface area contributed by atoms with Crippen molar-refractivity contribution in [3.63, 3.8) is 0 Å². The van der Waals surface area contributed by atoms with Gasteiger partial charge >= 0.3 is 0 Å². The highest BCUT2D eigenvalue weighted by Crippen LogP contribution is 2.05. The molecule has 0 saturated carbocycles. The average molecular weight is 215 g/mol. The second kappa shape index (κ2) is 6.80. The quantitative estimate of drug-likeness (QED) is 0.675. The molecule has 4 nitrogen and oxygen atoms in total. The van der Waals surface area contributed by atoms with Crippen molar-refractivity contribution in [3.05, 3.63) is 0 Å². The van der Waals surface area contributed by atoms with E-state index in [0.29, 0.717) is 24.9 Å². The topological polar surface area (TPSA) is 58.4 Å². The summed E-state index contributed by atoms with van der Waals surface area (Å²) in [4.78, 5) is 13.6. The van der Waals surface area contributed by atoms with Gasteiger partial charge in [0.25, 0.3) is 0 Å². The first-order valence-corrected chi connectivity index (χ1v) is 5.59. The van der Waals surface area contributed by atoms with Gasteiger partial charge in [0.05, 0.1) is 6.04 Å². The summed E-state index contributed by atoms with van der Waals surface area (Å²) in [6.07, 6.45) is 0.681. The van der Waals surface area contributed by atoms with Gasteiger partial charge in [0, 0.05) is 12.6 Å². The Morgan fingerprint density at radius 3 is 2.27 bits per heavy atom. The Kier molecular flexibility index (Phi) is 6.52. The number of likely N-dealkylation sites (N-methyl/N-ethyl adjacent to an activating group) is 1. The predicted octanol–water partition coefficient (Wildman–Crippen LogP) is 0.426. The molecule has 0 aliphatic heterocycles. The number of carbonyl (C=O) groups excluding carboxylic acids is 1. The fourth-order valence-corrected chi connectivity index (χ4v) is 1.54. The number of nitrogens with two attached hydrogens (primary N) is 1. The van der Waals surface area contributed by atoms with Crippen LogP contribution < -0.4 is 11.1 Å². The maximum absolute atomic E-state index is 11.5. The molecule has 0 aromatic carbocycles. The highest BCUT2D eigenvalue weighted by atomic mass is 16.2. The van der Waals surface area contributed by atoms with Gasteiger partial charge in [-0.3, -0.25) is 4.79 Å². The van der Waals surface area contributed by atoms with Crippen LogP contribution >= 0.6 is 0 Å². The monoisotopic (exact) mass is 215 g/mol. The smallest absolute Gasteiger partial charge is 0.236 e. The molecule has 4 heteroatoms. The summed E-state index contributed by atoms with van der Waals surface area (Å²) in [6.45, 7) is 6.88. The second-order valence-corrected chi connectivity index (χ2v) is 4.53. The number of nitrogens with one attached hydrogen (secondary N) is 1. The van der Waals surface area contributed by atoms with Crippen molar-refractivity contribution < 1.29 is 4.79 Å². The Balaban J connectivity index is 4.05. The lowest BCUT2D eigenvalue weighted by Gasteiger charge is -2.28. The Bertz CT molecular complexity index is 184.